The highest BCUT2D eigenvalue weighted by molar-refractivity contribution is 5.76. The first-order valence-corrected chi connectivity index (χ1v) is 32.9. The molecule has 12 N–H and O–H groups in total. The quantitative estimate of drug-likeness (QED) is 0.0210. The van der Waals surface area contributed by atoms with Gasteiger partial charge in [0.1, 0.15) is 73.2 Å². The number of carbonyl (C=O) groups excluding carboxylic acids is 1. The normalized spacial score (nSPS) is 29.6. The molecule has 82 heavy (non-hydrogen) atoms. The van der Waals surface area contributed by atoms with Gasteiger partial charge >= 0.3 is 0 Å². The number of carbonyl (C=O) groups is 1. The lowest BCUT2D eigenvalue weighted by Crippen LogP contribution is -2.66. The molecule has 17 atom stereocenters. The molecule has 0 aromatic heterocycles. The zero-order chi connectivity index (χ0) is 59.7. The summed E-state index contributed by atoms with van der Waals surface area (Å²) in [4.78, 5) is 13.4. The molecule has 3 heterocycles. The van der Waals surface area contributed by atoms with Crippen molar-refractivity contribution in [3.63, 3.8) is 0 Å². The minimum Gasteiger partial charge on any atom is -0.394 e. The van der Waals surface area contributed by atoms with Gasteiger partial charge in [0.15, 0.2) is 18.9 Å². The van der Waals surface area contributed by atoms with E-state index in [1.807, 2.05) is 0 Å². The molecule has 3 fully saturated rings. The van der Waals surface area contributed by atoms with Crippen LogP contribution in [0.3, 0.4) is 0 Å². The lowest BCUT2D eigenvalue weighted by atomic mass is 9.96. The maximum absolute atomic E-state index is 13.4. The number of ether oxygens (including phenoxy) is 6. The Morgan fingerprint density at radius 2 is 0.768 bits per heavy atom. The summed E-state index contributed by atoms with van der Waals surface area (Å²) in [6.45, 7) is 1.81. The number of unbranched alkanes of at least 4 members (excludes halogenated alkanes) is 32. The van der Waals surface area contributed by atoms with Gasteiger partial charge in [0, 0.05) is 6.42 Å². The predicted octanol–water partition coefficient (Wildman–Crippen LogP) is 7.33. The van der Waals surface area contributed by atoms with Crippen LogP contribution in [0.25, 0.3) is 0 Å². The van der Waals surface area contributed by atoms with Crippen LogP contribution in [-0.2, 0) is 33.2 Å². The molecule has 19 heteroatoms. The van der Waals surface area contributed by atoms with Crippen LogP contribution < -0.4 is 5.32 Å². The van der Waals surface area contributed by atoms with Crippen molar-refractivity contribution in [2.24, 2.45) is 0 Å². The van der Waals surface area contributed by atoms with Crippen molar-refractivity contribution in [1.82, 2.24) is 5.32 Å². The summed E-state index contributed by atoms with van der Waals surface area (Å²) in [6, 6.07) is -0.885. The van der Waals surface area contributed by atoms with E-state index in [9.17, 15) is 61.0 Å². The molecule has 19 nitrogen and oxygen atoms in total. The number of allylic oxidation sites excluding steroid dienone is 2. The van der Waals surface area contributed by atoms with Gasteiger partial charge in [0.2, 0.25) is 5.91 Å². The van der Waals surface area contributed by atoms with Crippen LogP contribution in [-0.4, -0.2) is 193 Å². The first-order chi connectivity index (χ1) is 39.8. The van der Waals surface area contributed by atoms with Crippen molar-refractivity contribution in [2.45, 2.75) is 356 Å². The van der Waals surface area contributed by atoms with Gasteiger partial charge in [-0.25, -0.2) is 0 Å². The molecule has 484 valence electrons. The lowest BCUT2D eigenvalue weighted by molar-refractivity contribution is -0.379. The molecule has 0 aromatic carbocycles. The second-order valence-electron chi connectivity index (χ2n) is 23.9. The van der Waals surface area contributed by atoms with Crippen LogP contribution >= 0.6 is 0 Å². The Morgan fingerprint density at radius 1 is 0.427 bits per heavy atom. The Balaban J connectivity index is 1.46. The third-order valence-corrected chi connectivity index (χ3v) is 16.8. The third-order valence-electron chi connectivity index (χ3n) is 16.8. The summed E-state index contributed by atoms with van der Waals surface area (Å²) < 4.78 is 34.4. The van der Waals surface area contributed by atoms with Crippen LogP contribution in [0, 0.1) is 0 Å². The second-order valence-corrected chi connectivity index (χ2v) is 23.9. The van der Waals surface area contributed by atoms with Gasteiger partial charge in [0.05, 0.1) is 38.6 Å². The topological polar surface area (TPSA) is 307 Å². The average molecular weight is 1180 g/mol. The first-order valence-electron chi connectivity index (χ1n) is 32.9. The molecule has 3 aliphatic heterocycles. The fourth-order valence-electron chi connectivity index (χ4n) is 11.4. The molecule has 3 saturated heterocycles. The summed E-state index contributed by atoms with van der Waals surface area (Å²) in [7, 11) is 0. The van der Waals surface area contributed by atoms with Gasteiger partial charge < -0.3 is 89.9 Å². The molecule has 1 amide bonds. The first kappa shape index (κ1) is 74.8. The zero-order valence-corrected chi connectivity index (χ0v) is 50.7. The Hall–Kier alpha value is -1.47. The lowest BCUT2D eigenvalue weighted by Gasteiger charge is -2.48. The van der Waals surface area contributed by atoms with Crippen molar-refractivity contribution in [3.8, 4) is 0 Å². The second kappa shape index (κ2) is 46.7. The van der Waals surface area contributed by atoms with Crippen LogP contribution in [0.2, 0.25) is 0 Å². The highest BCUT2D eigenvalue weighted by atomic mass is 16.8. The number of hydrogen-bond acceptors (Lipinski definition) is 18. The van der Waals surface area contributed by atoms with Crippen LogP contribution in [0.1, 0.15) is 251 Å². The fraction of sp³-hybridized carbons (Fsp3) is 0.952. The molecule has 0 spiro atoms. The molecule has 3 rings (SSSR count). The summed E-state index contributed by atoms with van der Waals surface area (Å²) in [5, 5.41) is 121. The maximum atomic E-state index is 13.4. The van der Waals surface area contributed by atoms with Crippen molar-refractivity contribution < 1.29 is 89.4 Å². The summed E-state index contributed by atoms with van der Waals surface area (Å²) >= 11 is 0. The van der Waals surface area contributed by atoms with E-state index in [0.29, 0.717) is 12.8 Å². The Morgan fingerprint density at radius 3 is 1.18 bits per heavy atom. The van der Waals surface area contributed by atoms with E-state index in [4.69, 9.17) is 28.4 Å². The van der Waals surface area contributed by atoms with Crippen LogP contribution in [0.4, 0.5) is 0 Å². The minimum atomic E-state index is -1.97. The molecule has 0 saturated carbocycles. The number of amides is 1. The van der Waals surface area contributed by atoms with Crippen molar-refractivity contribution in [3.05, 3.63) is 12.2 Å². The average Bonchev–Trinajstić information content (AvgIpc) is 3.39. The standard InChI is InChI=1S/C63H119NO18/c1-3-5-7-9-11-13-15-17-19-21-23-25-27-29-31-33-35-37-39-41-51(69)64-46(47(68)40-38-36-34-32-30-28-26-24-22-20-18-16-14-12-10-8-6-4-2)45-77-61-57(75)54(72)59(49(43-66)79-61)82-63-58(76)55(73)60(50(44-67)80-63)81-62-56(74)53(71)52(70)48(42-65)78-62/h17,19,46-50,52-63,65-68,70-76H,3-16,18,20-45H2,1-2H3,(H,64,69)/b19-17-. The molecule has 0 radical (unpaired) electrons. The molecule has 3 aliphatic rings. The van der Waals surface area contributed by atoms with E-state index in [-0.39, 0.29) is 18.9 Å². The van der Waals surface area contributed by atoms with Gasteiger partial charge in [0.25, 0.3) is 0 Å². The molecular weight excluding hydrogens is 1060 g/mol. The van der Waals surface area contributed by atoms with Crippen molar-refractivity contribution >= 4 is 5.91 Å². The van der Waals surface area contributed by atoms with Gasteiger partial charge in [-0.05, 0) is 38.5 Å². The van der Waals surface area contributed by atoms with E-state index in [0.717, 1.165) is 51.4 Å². The highest BCUT2D eigenvalue weighted by Crippen LogP contribution is 2.33. The van der Waals surface area contributed by atoms with Crippen molar-refractivity contribution in [2.75, 3.05) is 26.4 Å². The van der Waals surface area contributed by atoms with Gasteiger partial charge in [-0.3, -0.25) is 4.79 Å². The highest BCUT2D eigenvalue weighted by Gasteiger charge is 2.53. The van der Waals surface area contributed by atoms with Crippen LogP contribution in [0.5, 0.6) is 0 Å². The Kier molecular flexibility index (Phi) is 42.5. The Bertz CT molecular complexity index is 1550. The number of hydrogen-bond donors (Lipinski definition) is 12. The summed E-state index contributed by atoms with van der Waals surface area (Å²) in [5.74, 6) is -0.242. The van der Waals surface area contributed by atoms with Crippen LogP contribution in [0.15, 0.2) is 12.2 Å². The number of aliphatic hydroxyl groups excluding tert-OH is 11. The number of rotatable bonds is 50. The monoisotopic (exact) mass is 1180 g/mol. The molecule has 0 bridgehead atoms. The molecule has 0 aliphatic carbocycles. The smallest absolute Gasteiger partial charge is 0.220 e. The Labute approximate surface area is 493 Å². The maximum Gasteiger partial charge on any atom is 0.220 e. The van der Waals surface area contributed by atoms with E-state index < -0.39 is 124 Å². The summed E-state index contributed by atoms with van der Waals surface area (Å²) in [6.07, 6.45) is 21.4. The minimum absolute atomic E-state index is 0.242. The van der Waals surface area contributed by atoms with Crippen molar-refractivity contribution in [1.29, 1.82) is 0 Å². The number of nitrogens with one attached hydrogen (secondary N) is 1. The van der Waals surface area contributed by atoms with E-state index in [2.05, 4.69) is 31.3 Å². The molecule has 17 unspecified atom stereocenters. The fourth-order valence-corrected chi connectivity index (χ4v) is 11.4. The van der Waals surface area contributed by atoms with Gasteiger partial charge in [-0.15, -0.1) is 0 Å². The van der Waals surface area contributed by atoms with E-state index in [1.165, 1.54) is 167 Å². The number of aliphatic hydroxyl groups is 11. The SMILES string of the molecule is CCCCCCCC/C=C\CCCCCCCCCCCC(=O)NC(COC1OC(CO)C(OC2OC(CO)C(OC3OC(CO)C(O)C(O)C3O)C(O)C2O)C(O)C1O)C(O)CCCCCCCCCCCCCCCCCCCC. The zero-order valence-electron chi connectivity index (χ0n) is 50.7. The summed E-state index contributed by atoms with van der Waals surface area (Å²) in [5.41, 5.74) is 0. The molecule has 0 aromatic rings. The third kappa shape index (κ3) is 29.5. The predicted molar refractivity (Wildman–Crippen MR) is 314 cm³/mol. The molecular formula is C63H119NO18. The largest absolute Gasteiger partial charge is 0.394 e. The van der Waals surface area contributed by atoms with Gasteiger partial charge in [-0.1, -0.05) is 219 Å². The van der Waals surface area contributed by atoms with E-state index >= 15 is 0 Å². The van der Waals surface area contributed by atoms with Gasteiger partial charge in [-0.2, -0.15) is 0 Å². The van der Waals surface area contributed by atoms with E-state index in [1.54, 1.807) is 0 Å².